The van der Waals surface area contributed by atoms with E-state index in [0.717, 1.165) is 36.9 Å². The van der Waals surface area contributed by atoms with Crippen molar-refractivity contribution in [3.8, 4) is 11.4 Å². The number of benzene rings is 1. The van der Waals surface area contributed by atoms with Gasteiger partial charge in [-0.1, -0.05) is 18.0 Å². The van der Waals surface area contributed by atoms with Crippen LogP contribution in [0.15, 0.2) is 35.2 Å². The van der Waals surface area contributed by atoms with Gasteiger partial charge in [-0.2, -0.15) is 4.98 Å². The fourth-order valence-electron chi connectivity index (χ4n) is 3.02. The second kappa shape index (κ2) is 5.88. The molecule has 1 aromatic heterocycles. The molecule has 2 atom stereocenters. The molecule has 0 radical (unpaired) electrons. The average Bonchev–Trinajstić information content (AvgIpc) is 3.01. The number of nitrogens with one attached hydrogen (secondary N) is 1. The predicted octanol–water partition coefficient (Wildman–Crippen LogP) is 2.58. The molecule has 1 aromatic carbocycles. The number of anilines is 1. The normalized spacial score (nSPS) is 24.9. The zero-order valence-electron chi connectivity index (χ0n) is 12.6. The molecule has 0 saturated heterocycles. The van der Waals surface area contributed by atoms with Gasteiger partial charge in [-0.3, -0.25) is 4.79 Å². The summed E-state index contributed by atoms with van der Waals surface area (Å²) >= 11 is 0. The van der Waals surface area contributed by atoms with Crippen molar-refractivity contribution in [3.63, 3.8) is 0 Å². The van der Waals surface area contributed by atoms with E-state index >= 15 is 0 Å². The Balaban J connectivity index is 1.69. The summed E-state index contributed by atoms with van der Waals surface area (Å²) in [4.78, 5) is 16.5. The molecule has 6 heteroatoms. The highest BCUT2D eigenvalue weighted by Crippen LogP contribution is 2.32. The molecule has 1 aliphatic carbocycles. The van der Waals surface area contributed by atoms with Crippen molar-refractivity contribution in [2.24, 2.45) is 11.7 Å². The highest BCUT2D eigenvalue weighted by atomic mass is 16.5. The molecule has 1 saturated carbocycles. The van der Waals surface area contributed by atoms with Crippen molar-refractivity contribution in [2.75, 3.05) is 5.32 Å². The molecular formula is C16H20N4O2. The lowest BCUT2D eigenvalue weighted by Crippen LogP contribution is -2.51. The molecule has 3 N–H and O–H groups in total. The average molecular weight is 300 g/mol. The molecule has 6 nitrogen and oxygen atoms in total. The Kier molecular flexibility index (Phi) is 3.94. The number of nitrogens with two attached hydrogens (primary N) is 1. The van der Waals surface area contributed by atoms with E-state index < -0.39 is 5.54 Å². The Morgan fingerprint density at radius 3 is 2.77 bits per heavy atom. The monoisotopic (exact) mass is 300 g/mol. The minimum atomic E-state index is -0.424. The first-order valence-electron chi connectivity index (χ1n) is 7.53. The molecule has 2 aromatic rings. The minimum Gasteiger partial charge on any atom is -0.342 e. The van der Waals surface area contributed by atoms with Crippen LogP contribution in [0, 0.1) is 5.92 Å². The van der Waals surface area contributed by atoms with Crippen LogP contribution in [0.25, 0.3) is 11.4 Å². The summed E-state index contributed by atoms with van der Waals surface area (Å²) in [6, 6.07) is 7.37. The van der Waals surface area contributed by atoms with Gasteiger partial charge in [-0.05, 0) is 44.0 Å². The molecule has 0 spiro atoms. The van der Waals surface area contributed by atoms with E-state index in [1.54, 1.807) is 0 Å². The van der Waals surface area contributed by atoms with Gasteiger partial charge in [0.15, 0.2) is 0 Å². The van der Waals surface area contributed by atoms with Gasteiger partial charge in [0.25, 0.3) is 0 Å². The molecule has 1 amide bonds. The molecule has 1 heterocycles. The van der Waals surface area contributed by atoms with Crippen LogP contribution in [0.2, 0.25) is 0 Å². The van der Waals surface area contributed by atoms with Crippen LogP contribution < -0.4 is 11.1 Å². The maximum Gasteiger partial charge on any atom is 0.229 e. The van der Waals surface area contributed by atoms with Gasteiger partial charge in [0.05, 0.1) is 5.92 Å². The van der Waals surface area contributed by atoms with E-state index in [4.69, 9.17) is 10.3 Å². The topological polar surface area (TPSA) is 94.0 Å². The minimum absolute atomic E-state index is 0.00277. The smallest absolute Gasteiger partial charge is 0.229 e. The van der Waals surface area contributed by atoms with E-state index in [1.807, 2.05) is 31.2 Å². The molecule has 22 heavy (non-hydrogen) atoms. The van der Waals surface area contributed by atoms with Gasteiger partial charge in [0, 0.05) is 16.8 Å². The Morgan fingerprint density at radius 2 is 2.14 bits per heavy atom. The zero-order chi connectivity index (χ0) is 15.6. The number of hydrogen-bond donors (Lipinski definition) is 2. The maximum atomic E-state index is 12.5. The number of rotatable bonds is 3. The molecule has 116 valence electrons. The summed E-state index contributed by atoms with van der Waals surface area (Å²) in [5.74, 6) is 0.384. The van der Waals surface area contributed by atoms with Gasteiger partial charge in [-0.15, -0.1) is 0 Å². The molecule has 1 fully saturated rings. The Labute approximate surface area is 129 Å². The van der Waals surface area contributed by atoms with E-state index in [2.05, 4.69) is 15.5 Å². The molecule has 1 aliphatic rings. The van der Waals surface area contributed by atoms with Gasteiger partial charge in [-0.25, -0.2) is 0 Å². The van der Waals surface area contributed by atoms with Crippen LogP contribution in [0.5, 0.6) is 0 Å². The van der Waals surface area contributed by atoms with Crippen molar-refractivity contribution in [3.05, 3.63) is 30.7 Å². The van der Waals surface area contributed by atoms with Crippen molar-refractivity contribution < 1.29 is 9.32 Å². The lowest BCUT2D eigenvalue weighted by atomic mass is 9.74. The number of hydrogen-bond acceptors (Lipinski definition) is 5. The van der Waals surface area contributed by atoms with E-state index in [0.29, 0.717) is 5.82 Å². The Hall–Kier alpha value is -2.21. The van der Waals surface area contributed by atoms with Crippen molar-refractivity contribution in [2.45, 2.75) is 38.1 Å². The van der Waals surface area contributed by atoms with E-state index in [-0.39, 0.29) is 11.8 Å². The molecule has 3 rings (SSSR count). The highest BCUT2D eigenvalue weighted by Gasteiger charge is 2.37. The van der Waals surface area contributed by atoms with Crippen molar-refractivity contribution in [1.29, 1.82) is 0 Å². The summed E-state index contributed by atoms with van der Waals surface area (Å²) in [6.45, 7) is 1.97. The summed E-state index contributed by atoms with van der Waals surface area (Å²) < 4.78 is 4.72. The van der Waals surface area contributed by atoms with Crippen molar-refractivity contribution >= 4 is 11.6 Å². The van der Waals surface area contributed by atoms with Crippen LogP contribution in [0.3, 0.4) is 0 Å². The van der Waals surface area contributed by atoms with Crippen LogP contribution in [0.4, 0.5) is 5.69 Å². The van der Waals surface area contributed by atoms with Crippen LogP contribution in [-0.2, 0) is 4.79 Å². The Morgan fingerprint density at radius 1 is 1.36 bits per heavy atom. The van der Waals surface area contributed by atoms with Crippen LogP contribution in [0.1, 0.15) is 32.6 Å². The zero-order valence-corrected chi connectivity index (χ0v) is 12.6. The standard InChI is InChI=1S/C16H20N4O2/c1-16(17)9-3-2-4-13(16)15(21)19-12-7-5-11(6-8-12)14-18-10-22-20-14/h5-8,10,13H,2-4,9,17H2,1H3,(H,19,21). The molecular weight excluding hydrogens is 280 g/mol. The molecule has 0 aliphatic heterocycles. The second-order valence-electron chi connectivity index (χ2n) is 6.13. The summed E-state index contributed by atoms with van der Waals surface area (Å²) in [5.41, 5.74) is 7.44. The van der Waals surface area contributed by atoms with Gasteiger partial charge >= 0.3 is 0 Å². The van der Waals surface area contributed by atoms with Gasteiger partial charge in [0.1, 0.15) is 0 Å². The highest BCUT2D eigenvalue weighted by molar-refractivity contribution is 5.93. The van der Waals surface area contributed by atoms with E-state index in [1.165, 1.54) is 6.39 Å². The van der Waals surface area contributed by atoms with Gasteiger partial charge in [0.2, 0.25) is 18.1 Å². The predicted molar refractivity (Wildman–Crippen MR) is 82.9 cm³/mol. The lowest BCUT2D eigenvalue weighted by Gasteiger charge is -2.37. The van der Waals surface area contributed by atoms with Gasteiger partial charge < -0.3 is 15.6 Å². The quantitative estimate of drug-likeness (QED) is 0.908. The summed E-state index contributed by atoms with van der Waals surface area (Å²) in [6.07, 6.45) is 5.18. The third kappa shape index (κ3) is 3.01. The van der Waals surface area contributed by atoms with E-state index in [9.17, 15) is 4.79 Å². The number of amides is 1. The maximum absolute atomic E-state index is 12.5. The van der Waals surface area contributed by atoms with Crippen molar-refractivity contribution in [1.82, 2.24) is 10.1 Å². The SMILES string of the molecule is CC1(N)CCCCC1C(=O)Nc1ccc(-c2ncon2)cc1. The number of carbonyl (C=O) groups excluding carboxylic acids is 1. The second-order valence-corrected chi connectivity index (χ2v) is 6.13. The molecule has 2 unspecified atom stereocenters. The first-order chi connectivity index (χ1) is 10.6. The largest absolute Gasteiger partial charge is 0.342 e. The third-order valence-corrected chi connectivity index (χ3v) is 4.34. The first-order valence-corrected chi connectivity index (χ1v) is 7.53. The fourth-order valence-corrected chi connectivity index (χ4v) is 3.02. The Bertz CT molecular complexity index is 635. The third-order valence-electron chi connectivity index (χ3n) is 4.34. The lowest BCUT2D eigenvalue weighted by molar-refractivity contribution is -0.122. The fraction of sp³-hybridized carbons (Fsp3) is 0.438. The first kappa shape index (κ1) is 14.7. The van der Waals surface area contributed by atoms with Crippen LogP contribution >= 0.6 is 0 Å². The summed E-state index contributed by atoms with van der Waals surface area (Å²) in [7, 11) is 0. The number of nitrogens with zero attached hydrogens (tertiary/aromatic N) is 2. The number of carbonyl (C=O) groups is 1. The number of aromatic nitrogens is 2. The molecule has 0 bridgehead atoms. The van der Waals surface area contributed by atoms with Crippen LogP contribution in [-0.4, -0.2) is 21.6 Å². The summed E-state index contributed by atoms with van der Waals surface area (Å²) in [5, 5.41) is 6.74.